The summed E-state index contributed by atoms with van der Waals surface area (Å²) < 4.78 is 35.6. The van der Waals surface area contributed by atoms with Crippen LogP contribution in [-0.2, 0) is 10.0 Å². The molecule has 1 aromatic carbocycles. The SMILES string of the molecule is COc1ccc(C2=NN(S(C)(=O)=O)[C@@H](c3ccco3)C2)cc1. The first-order valence-corrected chi connectivity index (χ1v) is 8.58. The molecule has 1 aliphatic heterocycles. The Hall–Kier alpha value is -2.28. The smallest absolute Gasteiger partial charge is 0.247 e. The first-order chi connectivity index (χ1) is 10.5. The molecule has 7 heteroatoms. The van der Waals surface area contributed by atoms with E-state index in [0.29, 0.717) is 17.9 Å². The molecule has 116 valence electrons. The van der Waals surface area contributed by atoms with Gasteiger partial charge in [-0.15, -0.1) is 0 Å². The number of nitrogens with zero attached hydrogens (tertiary/aromatic N) is 2. The highest BCUT2D eigenvalue weighted by Crippen LogP contribution is 2.34. The van der Waals surface area contributed by atoms with Crippen molar-refractivity contribution in [2.75, 3.05) is 13.4 Å². The molecule has 6 nitrogen and oxygen atoms in total. The largest absolute Gasteiger partial charge is 0.497 e. The number of benzene rings is 1. The quantitative estimate of drug-likeness (QED) is 0.867. The summed E-state index contributed by atoms with van der Waals surface area (Å²) in [7, 11) is -1.87. The van der Waals surface area contributed by atoms with Gasteiger partial charge in [0.1, 0.15) is 17.6 Å². The fourth-order valence-corrected chi connectivity index (χ4v) is 3.33. The Kier molecular flexibility index (Phi) is 3.66. The fraction of sp³-hybridized carbons (Fsp3) is 0.267. The van der Waals surface area contributed by atoms with Crippen LogP contribution in [0.5, 0.6) is 5.75 Å². The molecule has 1 aliphatic rings. The van der Waals surface area contributed by atoms with Crippen molar-refractivity contribution in [1.82, 2.24) is 4.41 Å². The number of hydrogen-bond donors (Lipinski definition) is 0. The Morgan fingerprint density at radius 1 is 1.27 bits per heavy atom. The summed E-state index contributed by atoms with van der Waals surface area (Å²) in [6, 6.07) is 10.4. The van der Waals surface area contributed by atoms with Crippen molar-refractivity contribution in [2.45, 2.75) is 12.5 Å². The van der Waals surface area contributed by atoms with E-state index in [1.807, 2.05) is 24.3 Å². The van der Waals surface area contributed by atoms with Crippen molar-refractivity contribution < 1.29 is 17.6 Å². The van der Waals surface area contributed by atoms with E-state index in [1.54, 1.807) is 19.2 Å². The van der Waals surface area contributed by atoms with E-state index in [1.165, 1.54) is 6.26 Å². The van der Waals surface area contributed by atoms with E-state index in [0.717, 1.165) is 22.0 Å². The molecule has 0 spiro atoms. The highest BCUT2D eigenvalue weighted by Gasteiger charge is 2.36. The molecule has 0 bridgehead atoms. The summed E-state index contributed by atoms with van der Waals surface area (Å²) in [4.78, 5) is 0. The second-order valence-electron chi connectivity index (χ2n) is 5.05. The average molecular weight is 320 g/mol. The van der Waals surface area contributed by atoms with Crippen LogP contribution in [0, 0.1) is 0 Å². The number of hydrogen-bond acceptors (Lipinski definition) is 5. The lowest BCUT2D eigenvalue weighted by Gasteiger charge is -2.18. The van der Waals surface area contributed by atoms with Crippen molar-refractivity contribution >= 4 is 15.7 Å². The normalized spacial score (nSPS) is 18.4. The minimum Gasteiger partial charge on any atom is -0.497 e. The molecule has 22 heavy (non-hydrogen) atoms. The van der Waals surface area contributed by atoms with Crippen LogP contribution in [0.25, 0.3) is 0 Å². The lowest BCUT2D eigenvalue weighted by atomic mass is 10.0. The molecule has 0 fully saturated rings. The van der Waals surface area contributed by atoms with Crippen molar-refractivity contribution in [2.24, 2.45) is 5.10 Å². The van der Waals surface area contributed by atoms with Gasteiger partial charge in [-0.1, -0.05) is 0 Å². The molecule has 1 aromatic heterocycles. The molecular formula is C15H16N2O4S. The Labute approximate surface area is 129 Å². The summed E-state index contributed by atoms with van der Waals surface area (Å²) in [6.07, 6.45) is 3.14. The third-order valence-electron chi connectivity index (χ3n) is 3.51. The first-order valence-electron chi connectivity index (χ1n) is 6.74. The van der Waals surface area contributed by atoms with Gasteiger partial charge in [-0.05, 0) is 42.0 Å². The van der Waals surface area contributed by atoms with Crippen molar-refractivity contribution in [3.63, 3.8) is 0 Å². The molecule has 2 heterocycles. The van der Waals surface area contributed by atoms with Crippen molar-refractivity contribution in [3.05, 3.63) is 54.0 Å². The van der Waals surface area contributed by atoms with Crippen LogP contribution in [0.4, 0.5) is 0 Å². The van der Waals surface area contributed by atoms with Gasteiger partial charge in [0.15, 0.2) is 0 Å². The number of rotatable bonds is 4. The topological polar surface area (TPSA) is 72.1 Å². The van der Waals surface area contributed by atoms with Crippen molar-refractivity contribution in [1.29, 1.82) is 0 Å². The standard InChI is InChI=1S/C15H16N2O4S/c1-20-12-7-5-11(6-8-12)13-10-14(15-4-3-9-21-15)17(16-13)22(2,18)19/h3-9,14H,10H2,1-2H3/t14-/m1/s1. The third kappa shape index (κ3) is 2.71. The maximum Gasteiger partial charge on any atom is 0.247 e. The van der Waals surface area contributed by atoms with Gasteiger partial charge in [0.2, 0.25) is 10.0 Å². The maximum absolute atomic E-state index is 12.0. The van der Waals surface area contributed by atoms with E-state index in [-0.39, 0.29) is 0 Å². The second-order valence-corrected chi connectivity index (χ2v) is 6.89. The summed E-state index contributed by atoms with van der Waals surface area (Å²) in [6.45, 7) is 0. The van der Waals surface area contributed by atoms with Gasteiger partial charge in [0.05, 0.1) is 25.3 Å². The molecule has 0 saturated heterocycles. The second kappa shape index (κ2) is 5.49. The molecule has 2 aromatic rings. The molecule has 0 N–H and O–H groups in total. The van der Waals surface area contributed by atoms with E-state index < -0.39 is 16.1 Å². The van der Waals surface area contributed by atoms with Crippen LogP contribution in [0.15, 0.2) is 52.2 Å². The van der Waals surface area contributed by atoms with E-state index in [2.05, 4.69) is 5.10 Å². The first kappa shape index (κ1) is 14.6. The number of furan rings is 1. The van der Waals surface area contributed by atoms with Gasteiger partial charge in [0.25, 0.3) is 0 Å². The molecule has 0 radical (unpaired) electrons. The van der Waals surface area contributed by atoms with Gasteiger partial charge in [-0.2, -0.15) is 9.52 Å². The minimum absolute atomic E-state index is 0.442. The molecule has 0 amide bonds. The highest BCUT2D eigenvalue weighted by atomic mass is 32.2. The Bertz CT molecular complexity index is 779. The zero-order valence-corrected chi connectivity index (χ0v) is 13.1. The van der Waals surface area contributed by atoms with Crippen LogP contribution >= 0.6 is 0 Å². The Morgan fingerprint density at radius 3 is 2.55 bits per heavy atom. The number of sulfonamides is 1. The lowest BCUT2D eigenvalue weighted by Crippen LogP contribution is -2.25. The summed E-state index contributed by atoms with van der Waals surface area (Å²) in [5, 5.41) is 4.28. The van der Waals surface area contributed by atoms with Gasteiger partial charge < -0.3 is 9.15 Å². The van der Waals surface area contributed by atoms with Gasteiger partial charge >= 0.3 is 0 Å². The van der Waals surface area contributed by atoms with Gasteiger partial charge in [-0.25, -0.2) is 8.42 Å². The van der Waals surface area contributed by atoms with Gasteiger partial charge in [-0.3, -0.25) is 0 Å². The minimum atomic E-state index is -3.47. The van der Waals surface area contributed by atoms with Crippen LogP contribution in [0.1, 0.15) is 23.8 Å². The third-order valence-corrected chi connectivity index (χ3v) is 4.52. The lowest BCUT2D eigenvalue weighted by molar-refractivity contribution is 0.322. The molecule has 3 rings (SSSR count). The zero-order chi connectivity index (χ0) is 15.7. The number of methoxy groups -OCH3 is 1. The summed E-state index contributed by atoms with van der Waals surface area (Å²) in [5.74, 6) is 1.32. The predicted molar refractivity (Wildman–Crippen MR) is 82.3 cm³/mol. The Balaban J connectivity index is 1.96. The maximum atomic E-state index is 12.0. The molecule has 0 aliphatic carbocycles. The van der Waals surface area contributed by atoms with E-state index >= 15 is 0 Å². The highest BCUT2D eigenvalue weighted by molar-refractivity contribution is 7.88. The fourth-order valence-electron chi connectivity index (χ4n) is 2.45. The molecule has 0 saturated carbocycles. The summed E-state index contributed by atoms with van der Waals surface area (Å²) >= 11 is 0. The predicted octanol–water partition coefficient (Wildman–Crippen LogP) is 2.40. The van der Waals surface area contributed by atoms with Crippen LogP contribution in [-0.4, -0.2) is 31.9 Å². The van der Waals surface area contributed by atoms with E-state index in [4.69, 9.17) is 9.15 Å². The molecule has 1 atom stereocenters. The van der Waals surface area contributed by atoms with Gasteiger partial charge in [0, 0.05) is 6.42 Å². The molecule has 0 unspecified atom stereocenters. The summed E-state index contributed by atoms with van der Waals surface area (Å²) in [5.41, 5.74) is 1.57. The van der Waals surface area contributed by atoms with Crippen LogP contribution in [0.2, 0.25) is 0 Å². The van der Waals surface area contributed by atoms with E-state index in [9.17, 15) is 8.42 Å². The van der Waals surface area contributed by atoms with Crippen molar-refractivity contribution in [3.8, 4) is 5.75 Å². The molecular weight excluding hydrogens is 304 g/mol. The monoisotopic (exact) mass is 320 g/mol. The zero-order valence-electron chi connectivity index (χ0n) is 12.3. The average Bonchev–Trinajstić information content (AvgIpc) is 3.15. The number of ether oxygens (including phenoxy) is 1. The van der Waals surface area contributed by atoms with Crippen LogP contribution < -0.4 is 4.74 Å². The van der Waals surface area contributed by atoms with Crippen LogP contribution in [0.3, 0.4) is 0 Å². The number of hydrazone groups is 1. The Morgan fingerprint density at radius 2 is 2.00 bits per heavy atom.